The summed E-state index contributed by atoms with van der Waals surface area (Å²) in [5, 5.41) is 1.23. The van der Waals surface area contributed by atoms with E-state index in [1.807, 2.05) is 18.2 Å². The van der Waals surface area contributed by atoms with Crippen LogP contribution in [0.25, 0.3) is 0 Å². The monoisotopic (exact) mass is 338 g/mol. The molecule has 3 aromatic carbocycles. The van der Waals surface area contributed by atoms with E-state index in [2.05, 4.69) is 74.5 Å². The van der Waals surface area contributed by atoms with Crippen LogP contribution in [0.3, 0.4) is 0 Å². The largest absolute Gasteiger partial charge is 0.458 e. The summed E-state index contributed by atoms with van der Waals surface area (Å²) in [5.74, 6) is 0.921. The van der Waals surface area contributed by atoms with E-state index in [1.54, 1.807) is 11.4 Å². The van der Waals surface area contributed by atoms with Gasteiger partial charge in [0.2, 0.25) is 0 Å². The van der Waals surface area contributed by atoms with Crippen LogP contribution in [-0.4, -0.2) is 0 Å². The Morgan fingerprint density at radius 1 is 0.696 bits per heavy atom. The number of benzene rings is 3. The molecule has 0 bridgehead atoms. The van der Waals surface area contributed by atoms with Crippen molar-refractivity contribution in [2.24, 2.45) is 0 Å². The van der Waals surface area contributed by atoms with Gasteiger partial charge < -0.3 is 4.52 Å². The first-order valence-electron chi connectivity index (χ1n) is 7.55. The molecule has 0 heterocycles. The average molecular weight is 338 g/mol. The predicted octanol–water partition coefficient (Wildman–Crippen LogP) is 6.11. The van der Waals surface area contributed by atoms with Crippen molar-refractivity contribution in [3.8, 4) is 5.75 Å². The lowest BCUT2D eigenvalue weighted by atomic mass is 10.2. The van der Waals surface area contributed by atoms with Crippen LogP contribution in [0, 0.1) is 13.8 Å². The second kappa shape index (κ2) is 7.68. The molecule has 116 valence electrons. The molecule has 3 heteroatoms. The molecule has 3 aromatic rings. The summed E-state index contributed by atoms with van der Waals surface area (Å²) in [4.78, 5) is 1.23. The minimum absolute atomic E-state index is 0.811. The molecule has 0 saturated carbocycles. The smallest absolute Gasteiger partial charge is 0.184 e. The first-order chi connectivity index (χ1) is 11.2. The predicted molar refractivity (Wildman–Crippen MR) is 102 cm³/mol. The second-order valence-electron chi connectivity index (χ2n) is 5.40. The molecule has 0 amide bonds. The Labute approximate surface area is 143 Å². The lowest BCUT2D eigenvalue weighted by molar-refractivity contribution is 0.634. The van der Waals surface area contributed by atoms with Gasteiger partial charge in [-0.25, -0.2) is 0 Å². The molecule has 1 atom stereocenters. The molecular weight excluding hydrogens is 319 g/mol. The third kappa shape index (κ3) is 4.60. The maximum Gasteiger partial charge on any atom is 0.184 e. The van der Waals surface area contributed by atoms with Crippen molar-refractivity contribution in [1.29, 1.82) is 0 Å². The van der Waals surface area contributed by atoms with Crippen molar-refractivity contribution < 1.29 is 4.52 Å². The van der Waals surface area contributed by atoms with Crippen molar-refractivity contribution in [2.45, 2.75) is 18.7 Å². The van der Waals surface area contributed by atoms with E-state index in [4.69, 9.17) is 4.52 Å². The Bertz CT molecular complexity index is 691. The molecule has 0 aliphatic carbocycles. The van der Waals surface area contributed by atoms with E-state index in [0.29, 0.717) is 0 Å². The molecule has 0 aliphatic heterocycles. The Morgan fingerprint density at radius 2 is 1.26 bits per heavy atom. The zero-order valence-corrected chi connectivity index (χ0v) is 15.0. The highest BCUT2D eigenvalue weighted by molar-refractivity contribution is 8.56. The number of aryl methyl sites for hydroxylation is 2. The van der Waals surface area contributed by atoms with Gasteiger partial charge in [-0.3, -0.25) is 0 Å². The van der Waals surface area contributed by atoms with Crippen LogP contribution in [-0.2, 0) is 0 Å². The molecule has 0 aliphatic rings. The van der Waals surface area contributed by atoms with Crippen LogP contribution in [0.4, 0.5) is 0 Å². The molecule has 23 heavy (non-hydrogen) atoms. The SMILES string of the molecule is Cc1ccc(OP(Sc2ccc(C)cc2)c2ccccc2)cc1. The van der Waals surface area contributed by atoms with Crippen LogP contribution in [0.1, 0.15) is 11.1 Å². The van der Waals surface area contributed by atoms with E-state index < -0.39 is 7.35 Å². The summed E-state index contributed by atoms with van der Waals surface area (Å²) in [6, 6.07) is 27.3. The zero-order chi connectivity index (χ0) is 16.1. The molecular formula is C20H19OPS. The molecule has 0 aromatic heterocycles. The van der Waals surface area contributed by atoms with Crippen LogP contribution in [0.15, 0.2) is 83.8 Å². The topological polar surface area (TPSA) is 9.23 Å². The summed E-state index contributed by atoms with van der Waals surface area (Å²) < 4.78 is 6.32. The normalized spacial score (nSPS) is 11.9. The van der Waals surface area contributed by atoms with Crippen molar-refractivity contribution >= 4 is 24.0 Å². The number of hydrogen-bond acceptors (Lipinski definition) is 2. The Hall–Kier alpha value is -1.76. The average Bonchev–Trinajstić information content (AvgIpc) is 2.59. The molecule has 1 nitrogen and oxygen atoms in total. The van der Waals surface area contributed by atoms with Crippen molar-refractivity contribution in [3.63, 3.8) is 0 Å². The Kier molecular flexibility index (Phi) is 5.38. The number of hydrogen-bond donors (Lipinski definition) is 0. The van der Waals surface area contributed by atoms with Gasteiger partial charge in [0, 0.05) is 10.2 Å². The van der Waals surface area contributed by atoms with Gasteiger partial charge in [0.05, 0.1) is 0 Å². The van der Waals surface area contributed by atoms with E-state index in [-0.39, 0.29) is 0 Å². The summed E-state index contributed by atoms with van der Waals surface area (Å²) >= 11 is 1.79. The quantitative estimate of drug-likeness (QED) is 0.519. The lowest BCUT2D eigenvalue weighted by Crippen LogP contribution is -2.02. The first-order valence-corrected chi connectivity index (χ1v) is 10.2. The first kappa shape index (κ1) is 16.1. The zero-order valence-electron chi connectivity index (χ0n) is 13.3. The Morgan fingerprint density at radius 3 is 1.87 bits per heavy atom. The highest BCUT2D eigenvalue weighted by atomic mass is 32.7. The highest BCUT2D eigenvalue weighted by Crippen LogP contribution is 2.53. The van der Waals surface area contributed by atoms with Gasteiger partial charge >= 0.3 is 0 Å². The fourth-order valence-electron chi connectivity index (χ4n) is 2.06. The number of rotatable bonds is 5. The maximum absolute atomic E-state index is 6.32. The third-order valence-electron chi connectivity index (χ3n) is 3.39. The molecule has 0 saturated heterocycles. The molecule has 1 unspecified atom stereocenters. The Balaban J connectivity index is 1.84. The van der Waals surface area contributed by atoms with Gasteiger partial charge in [0.1, 0.15) is 5.75 Å². The fourth-order valence-corrected chi connectivity index (χ4v) is 5.48. The summed E-state index contributed by atoms with van der Waals surface area (Å²) in [5.41, 5.74) is 2.52. The standard InChI is InChI=1S/C20H19OPS/c1-16-8-12-18(13-9-16)21-22(19-6-4-3-5-7-19)23-20-14-10-17(2)11-15-20/h3-15H,1-2H3. The maximum atomic E-state index is 6.32. The molecule has 0 spiro atoms. The minimum atomic E-state index is -0.811. The van der Waals surface area contributed by atoms with Gasteiger partial charge in [-0.2, -0.15) is 0 Å². The molecule has 0 fully saturated rings. The molecule has 3 rings (SSSR count). The van der Waals surface area contributed by atoms with E-state index in [0.717, 1.165) is 5.75 Å². The van der Waals surface area contributed by atoms with Crippen LogP contribution in [0.2, 0.25) is 0 Å². The van der Waals surface area contributed by atoms with Crippen molar-refractivity contribution in [2.75, 3.05) is 0 Å². The van der Waals surface area contributed by atoms with Crippen LogP contribution in [0.5, 0.6) is 5.75 Å². The van der Waals surface area contributed by atoms with Gasteiger partial charge in [-0.15, -0.1) is 0 Å². The van der Waals surface area contributed by atoms with Crippen molar-refractivity contribution in [1.82, 2.24) is 0 Å². The van der Waals surface area contributed by atoms with Gasteiger partial charge in [-0.05, 0) is 38.1 Å². The van der Waals surface area contributed by atoms with Crippen LogP contribution < -0.4 is 9.83 Å². The molecule has 0 radical (unpaired) electrons. The summed E-state index contributed by atoms with van der Waals surface area (Å²) in [7, 11) is -0.811. The van der Waals surface area contributed by atoms with Gasteiger partial charge in [0.25, 0.3) is 0 Å². The van der Waals surface area contributed by atoms with Crippen molar-refractivity contribution in [3.05, 3.63) is 90.0 Å². The van der Waals surface area contributed by atoms with Gasteiger partial charge in [0.15, 0.2) is 7.35 Å². The highest BCUT2D eigenvalue weighted by Gasteiger charge is 2.16. The summed E-state index contributed by atoms with van der Waals surface area (Å²) in [6.07, 6.45) is 0. The van der Waals surface area contributed by atoms with E-state index >= 15 is 0 Å². The fraction of sp³-hybridized carbons (Fsp3) is 0.100. The third-order valence-corrected chi connectivity index (χ3v) is 7.12. The van der Waals surface area contributed by atoms with Crippen LogP contribution >= 0.6 is 18.7 Å². The molecule has 0 N–H and O–H groups in total. The van der Waals surface area contributed by atoms with Gasteiger partial charge in [-0.1, -0.05) is 77.1 Å². The van der Waals surface area contributed by atoms with E-state index in [9.17, 15) is 0 Å². The second-order valence-corrected chi connectivity index (χ2v) is 8.81. The summed E-state index contributed by atoms with van der Waals surface area (Å²) in [6.45, 7) is 4.20. The lowest BCUT2D eigenvalue weighted by Gasteiger charge is -2.18. The van der Waals surface area contributed by atoms with E-state index in [1.165, 1.54) is 21.3 Å². The minimum Gasteiger partial charge on any atom is -0.458 e.